The Hall–Kier alpha value is -1.83. The number of aromatic nitrogens is 2. The third kappa shape index (κ3) is 3.06. The predicted octanol–water partition coefficient (Wildman–Crippen LogP) is 1.60. The summed E-state index contributed by atoms with van der Waals surface area (Å²) in [5, 5.41) is 14.8. The Bertz CT molecular complexity index is 426. The van der Waals surface area contributed by atoms with Crippen molar-refractivity contribution in [1.29, 1.82) is 5.26 Å². The Morgan fingerprint density at radius 1 is 1.53 bits per heavy atom. The van der Waals surface area contributed by atoms with Crippen LogP contribution in [-0.4, -0.2) is 16.5 Å². The van der Waals surface area contributed by atoms with Crippen LogP contribution in [0.3, 0.4) is 0 Å². The summed E-state index contributed by atoms with van der Waals surface area (Å²) in [6, 6.07) is 1.95. The molecule has 1 heterocycles. The van der Waals surface area contributed by atoms with E-state index in [4.69, 9.17) is 11.0 Å². The first-order valence-corrected chi connectivity index (χ1v) is 5.90. The zero-order valence-corrected chi connectivity index (χ0v) is 9.60. The number of carbonyl (C=O) groups is 1. The minimum atomic E-state index is -0.310. The number of carbonyl (C=O) groups excluding carboxylic acids is 1. The van der Waals surface area contributed by atoms with Gasteiger partial charge in [-0.3, -0.25) is 5.10 Å². The highest BCUT2D eigenvalue weighted by Crippen LogP contribution is 2.41. The second kappa shape index (κ2) is 5.00. The first-order chi connectivity index (χ1) is 8.26. The number of aromatic amines is 1. The van der Waals surface area contributed by atoms with Gasteiger partial charge in [-0.1, -0.05) is 0 Å². The van der Waals surface area contributed by atoms with Gasteiger partial charge in [0, 0.05) is 5.56 Å². The van der Waals surface area contributed by atoms with E-state index in [1.165, 1.54) is 18.4 Å². The topological polar surface area (TPSA) is 95.6 Å². The molecule has 2 aliphatic carbocycles. The molecule has 0 bridgehead atoms. The van der Waals surface area contributed by atoms with E-state index in [1.54, 1.807) is 0 Å². The summed E-state index contributed by atoms with van der Waals surface area (Å²) in [5.74, 6) is 1.55. The molecular weight excluding hydrogens is 216 g/mol. The number of hydrogen-bond donors (Lipinski definition) is 2. The lowest BCUT2D eigenvalue weighted by Crippen LogP contribution is -1.99. The molecule has 5 heteroatoms. The number of nitrogen functional groups attached to an aromatic ring is 1. The Morgan fingerprint density at radius 3 is 2.53 bits per heavy atom. The third-order valence-electron chi connectivity index (χ3n) is 3.14. The number of anilines is 1. The lowest BCUT2D eigenvalue weighted by molar-refractivity contribution is -0.110. The van der Waals surface area contributed by atoms with Crippen LogP contribution in [0, 0.1) is 23.2 Å². The van der Waals surface area contributed by atoms with Gasteiger partial charge in [-0.05, 0) is 37.5 Å². The largest absolute Gasteiger partial charge is 0.384 e. The SMILES string of the molecule is N#CC(C=O)C1CC1.Nc1[nH]ncc1C1CC1. The molecule has 0 saturated heterocycles. The van der Waals surface area contributed by atoms with Crippen LogP contribution >= 0.6 is 0 Å². The summed E-state index contributed by atoms with van der Waals surface area (Å²) >= 11 is 0. The normalized spacial score (nSPS) is 19.7. The molecule has 2 fully saturated rings. The first-order valence-electron chi connectivity index (χ1n) is 5.90. The second-order valence-corrected chi connectivity index (χ2v) is 4.64. The lowest BCUT2D eigenvalue weighted by Gasteiger charge is -1.89. The number of aldehydes is 1. The predicted molar refractivity (Wildman–Crippen MR) is 62.9 cm³/mol. The van der Waals surface area contributed by atoms with Crippen LogP contribution in [0.1, 0.15) is 37.2 Å². The fourth-order valence-corrected chi connectivity index (χ4v) is 1.73. The highest BCUT2D eigenvalue weighted by Gasteiger charge is 2.30. The van der Waals surface area contributed by atoms with E-state index in [9.17, 15) is 4.79 Å². The highest BCUT2D eigenvalue weighted by atomic mass is 16.1. The molecule has 3 N–H and O–H groups in total. The highest BCUT2D eigenvalue weighted by molar-refractivity contribution is 5.58. The van der Waals surface area contributed by atoms with Gasteiger partial charge in [0.2, 0.25) is 0 Å². The second-order valence-electron chi connectivity index (χ2n) is 4.64. The number of hydrogen-bond acceptors (Lipinski definition) is 4. The van der Waals surface area contributed by atoms with E-state index in [1.807, 2.05) is 12.3 Å². The zero-order valence-electron chi connectivity index (χ0n) is 9.60. The number of rotatable bonds is 3. The average molecular weight is 232 g/mol. The maximum absolute atomic E-state index is 10.00. The molecule has 3 rings (SSSR count). The summed E-state index contributed by atoms with van der Waals surface area (Å²) in [6.07, 6.45) is 7.27. The molecule has 90 valence electrons. The van der Waals surface area contributed by atoms with E-state index in [-0.39, 0.29) is 5.92 Å². The third-order valence-corrected chi connectivity index (χ3v) is 3.14. The van der Waals surface area contributed by atoms with E-state index < -0.39 is 0 Å². The van der Waals surface area contributed by atoms with Gasteiger partial charge in [0.1, 0.15) is 18.0 Å². The average Bonchev–Trinajstić information content (AvgIpc) is 3.23. The Labute approximate surface area is 100 Å². The van der Waals surface area contributed by atoms with Gasteiger partial charge in [0.05, 0.1) is 12.3 Å². The van der Waals surface area contributed by atoms with Gasteiger partial charge in [-0.25, -0.2) is 0 Å². The first kappa shape index (κ1) is 11.6. The molecule has 1 atom stereocenters. The van der Waals surface area contributed by atoms with Crippen molar-refractivity contribution in [2.24, 2.45) is 11.8 Å². The smallest absolute Gasteiger partial charge is 0.137 e. The molecule has 0 amide bonds. The molecule has 0 aromatic carbocycles. The minimum absolute atomic E-state index is 0.310. The maximum atomic E-state index is 10.00. The van der Waals surface area contributed by atoms with Crippen molar-refractivity contribution < 1.29 is 4.79 Å². The Morgan fingerprint density at radius 2 is 2.24 bits per heavy atom. The molecule has 2 aliphatic rings. The van der Waals surface area contributed by atoms with Crippen LogP contribution in [0.2, 0.25) is 0 Å². The van der Waals surface area contributed by atoms with Crippen LogP contribution in [0.4, 0.5) is 5.82 Å². The molecular formula is C12H16N4O. The number of nitrogens with zero attached hydrogens (tertiary/aromatic N) is 2. The van der Waals surface area contributed by atoms with Crippen molar-refractivity contribution in [3.63, 3.8) is 0 Å². The maximum Gasteiger partial charge on any atom is 0.137 e. The zero-order chi connectivity index (χ0) is 12.3. The van der Waals surface area contributed by atoms with Crippen molar-refractivity contribution in [2.75, 3.05) is 5.73 Å². The van der Waals surface area contributed by atoms with E-state index in [2.05, 4.69) is 10.2 Å². The molecule has 0 aliphatic heterocycles. The molecule has 1 aromatic rings. The van der Waals surface area contributed by atoms with Gasteiger partial charge in [-0.2, -0.15) is 10.4 Å². The van der Waals surface area contributed by atoms with Gasteiger partial charge in [0.25, 0.3) is 0 Å². The number of nitriles is 1. The van der Waals surface area contributed by atoms with Gasteiger partial charge in [-0.15, -0.1) is 0 Å². The summed E-state index contributed by atoms with van der Waals surface area (Å²) < 4.78 is 0. The molecule has 2 saturated carbocycles. The van der Waals surface area contributed by atoms with Crippen LogP contribution < -0.4 is 5.73 Å². The molecule has 17 heavy (non-hydrogen) atoms. The summed E-state index contributed by atoms with van der Waals surface area (Å²) in [7, 11) is 0. The van der Waals surface area contributed by atoms with E-state index in [0.29, 0.717) is 11.8 Å². The standard InChI is InChI=1S/C6H9N3.C6H7NO/c7-6-5(3-8-9-6)4-1-2-4;7-3-6(4-8)5-1-2-5/h3-4H,1-2H2,(H3,7,8,9);4-6H,1-2H2. The van der Waals surface area contributed by atoms with Gasteiger partial charge < -0.3 is 10.5 Å². The van der Waals surface area contributed by atoms with E-state index >= 15 is 0 Å². The van der Waals surface area contributed by atoms with Crippen LogP contribution in [0.15, 0.2) is 6.20 Å². The Balaban J connectivity index is 0.000000128. The Kier molecular flexibility index (Phi) is 3.43. The minimum Gasteiger partial charge on any atom is -0.384 e. The van der Waals surface area contributed by atoms with Crippen LogP contribution in [0.5, 0.6) is 0 Å². The number of H-pyrrole nitrogens is 1. The lowest BCUT2D eigenvalue weighted by atomic mass is 10.1. The number of nitrogens with two attached hydrogens (primary N) is 1. The van der Waals surface area contributed by atoms with Crippen LogP contribution in [0.25, 0.3) is 0 Å². The van der Waals surface area contributed by atoms with Crippen LogP contribution in [-0.2, 0) is 4.79 Å². The number of nitrogens with one attached hydrogen (secondary N) is 1. The monoisotopic (exact) mass is 232 g/mol. The van der Waals surface area contributed by atoms with Crippen molar-refractivity contribution in [3.8, 4) is 6.07 Å². The molecule has 1 unspecified atom stereocenters. The van der Waals surface area contributed by atoms with Crippen molar-refractivity contribution in [1.82, 2.24) is 10.2 Å². The van der Waals surface area contributed by atoms with Gasteiger partial charge >= 0.3 is 0 Å². The van der Waals surface area contributed by atoms with Crippen molar-refractivity contribution in [3.05, 3.63) is 11.8 Å². The van der Waals surface area contributed by atoms with Crippen molar-refractivity contribution in [2.45, 2.75) is 31.6 Å². The quantitative estimate of drug-likeness (QED) is 0.774. The molecule has 1 aromatic heterocycles. The summed E-state index contributed by atoms with van der Waals surface area (Å²) in [6.45, 7) is 0. The summed E-state index contributed by atoms with van der Waals surface area (Å²) in [5.41, 5.74) is 6.77. The molecule has 5 nitrogen and oxygen atoms in total. The molecule has 0 spiro atoms. The summed E-state index contributed by atoms with van der Waals surface area (Å²) in [4.78, 5) is 10.00. The van der Waals surface area contributed by atoms with E-state index in [0.717, 1.165) is 24.9 Å². The molecule has 0 radical (unpaired) electrons. The van der Waals surface area contributed by atoms with Gasteiger partial charge in [0.15, 0.2) is 0 Å². The fraction of sp³-hybridized carbons (Fsp3) is 0.583. The van der Waals surface area contributed by atoms with Crippen molar-refractivity contribution >= 4 is 12.1 Å². The fourth-order valence-electron chi connectivity index (χ4n) is 1.73.